The molecule has 0 aliphatic heterocycles. The number of benzene rings is 2. The molecule has 5 heteroatoms. The number of nitrogens with zero attached hydrogens (tertiary/aromatic N) is 1. The molecule has 0 aliphatic rings. The van der Waals surface area contributed by atoms with Crippen LogP contribution in [-0.2, 0) is 11.2 Å². The van der Waals surface area contributed by atoms with E-state index in [1.54, 1.807) is 18.2 Å². The fourth-order valence-corrected chi connectivity index (χ4v) is 2.69. The number of nitrogens with one attached hydrogen (secondary N) is 1. The summed E-state index contributed by atoms with van der Waals surface area (Å²) in [5.74, 6) is -0.230. The first kappa shape index (κ1) is 16.7. The molecule has 5 nitrogen and oxygen atoms in total. The first-order valence-corrected chi connectivity index (χ1v) is 7.47. The lowest BCUT2D eigenvalue weighted by Gasteiger charge is -2.17. The molecule has 0 aromatic heterocycles. The first-order chi connectivity index (χ1) is 10.9. The van der Waals surface area contributed by atoms with Crippen molar-refractivity contribution in [2.45, 2.75) is 33.2 Å². The Balaban J connectivity index is 2.09. The van der Waals surface area contributed by atoms with E-state index in [1.807, 2.05) is 32.9 Å². The van der Waals surface area contributed by atoms with Crippen LogP contribution in [0.4, 0.5) is 5.69 Å². The van der Waals surface area contributed by atoms with Crippen LogP contribution in [-0.4, -0.2) is 10.8 Å². The van der Waals surface area contributed by atoms with Crippen LogP contribution in [0.2, 0.25) is 0 Å². The maximum atomic E-state index is 12.2. The summed E-state index contributed by atoms with van der Waals surface area (Å²) in [7, 11) is 0. The van der Waals surface area contributed by atoms with Gasteiger partial charge in [0.05, 0.1) is 17.4 Å². The van der Waals surface area contributed by atoms with Gasteiger partial charge in [0.15, 0.2) is 0 Å². The third-order valence-corrected chi connectivity index (χ3v) is 3.81. The summed E-state index contributed by atoms with van der Waals surface area (Å²) < 4.78 is 0. The lowest BCUT2D eigenvalue weighted by atomic mass is 10.00. The second kappa shape index (κ2) is 7.05. The Morgan fingerprint density at radius 2 is 1.91 bits per heavy atom. The molecule has 0 saturated heterocycles. The quantitative estimate of drug-likeness (QED) is 0.677. The van der Waals surface area contributed by atoms with E-state index in [4.69, 9.17) is 0 Å². The molecule has 2 aromatic rings. The van der Waals surface area contributed by atoms with Gasteiger partial charge in [0.25, 0.3) is 5.69 Å². The minimum Gasteiger partial charge on any atom is -0.349 e. The van der Waals surface area contributed by atoms with E-state index in [9.17, 15) is 14.9 Å². The zero-order valence-electron chi connectivity index (χ0n) is 13.5. The molecule has 0 radical (unpaired) electrons. The van der Waals surface area contributed by atoms with E-state index >= 15 is 0 Å². The molecular formula is C18H20N2O3. The van der Waals surface area contributed by atoms with Crippen molar-refractivity contribution < 1.29 is 9.72 Å². The van der Waals surface area contributed by atoms with Crippen molar-refractivity contribution in [1.82, 2.24) is 5.32 Å². The molecule has 2 rings (SSSR count). The lowest BCUT2D eigenvalue weighted by Crippen LogP contribution is -2.28. The molecule has 0 saturated carbocycles. The highest BCUT2D eigenvalue weighted by atomic mass is 16.6. The zero-order chi connectivity index (χ0) is 17.0. The van der Waals surface area contributed by atoms with Gasteiger partial charge in [-0.1, -0.05) is 42.0 Å². The van der Waals surface area contributed by atoms with Gasteiger partial charge in [0, 0.05) is 11.6 Å². The van der Waals surface area contributed by atoms with Gasteiger partial charge in [-0.05, 0) is 31.9 Å². The van der Waals surface area contributed by atoms with Crippen LogP contribution in [0.3, 0.4) is 0 Å². The van der Waals surface area contributed by atoms with Gasteiger partial charge in [0.2, 0.25) is 5.91 Å². The van der Waals surface area contributed by atoms with Crippen molar-refractivity contribution in [2.24, 2.45) is 0 Å². The van der Waals surface area contributed by atoms with Gasteiger partial charge in [-0.2, -0.15) is 0 Å². The molecule has 2 aromatic carbocycles. The molecule has 120 valence electrons. The third-order valence-electron chi connectivity index (χ3n) is 3.81. The van der Waals surface area contributed by atoms with E-state index < -0.39 is 4.92 Å². The third kappa shape index (κ3) is 4.16. The fourth-order valence-electron chi connectivity index (χ4n) is 2.69. The number of nitro benzene ring substituents is 1. The highest BCUT2D eigenvalue weighted by molar-refractivity contribution is 5.80. The van der Waals surface area contributed by atoms with Gasteiger partial charge >= 0.3 is 0 Å². The van der Waals surface area contributed by atoms with E-state index in [2.05, 4.69) is 11.4 Å². The van der Waals surface area contributed by atoms with Crippen LogP contribution >= 0.6 is 0 Å². The van der Waals surface area contributed by atoms with E-state index in [0.29, 0.717) is 5.56 Å². The maximum Gasteiger partial charge on any atom is 0.273 e. The van der Waals surface area contributed by atoms with Crippen molar-refractivity contribution in [3.63, 3.8) is 0 Å². The Morgan fingerprint density at radius 1 is 1.22 bits per heavy atom. The molecular weight excluding hydrogens is 292 g/mol. The Bertz CT molecular complexity index is 741. The molecule has 0 bridgehead atoms. The molecule has 1 amide bonds. The predicted octanol–water partition coefficient (Wildman–Crippen LogP) is 3.63. The number of hydrogen-bond donors (Lipinski definition) is 1. The van der Waals surface area contributed by atoms with Gasteiger partial charge < -0.3 is 5.32 Å². The molecule has 1 atom stereocenters. The Morgan fingerprint density at radius 3 is 2.57 bits per heavy atom. The molecule has 0 aliphatic carbocycles. The Labute approximate surface area is 135 Å². The topological polar surface area (TPSA) is 72.2 Å². The number of nitro groups is 1. The van der Waals surface area contributed by atoms with Gasteiger partial charge in [-0.25, -0.2) is 0 Å². The van der Waals surface area contributed by atoms with Crippen molar-refractivity contribution in [3.05, 3.63) is 74.8 Å². The number of rotatable bonds is 5. The number of carbonyl (C=O) groups excluding carboxylic acids is 1. The Hall–Kier alpha value is -2.69. The maximum absolute atomic E-state index is 12.2. The fraction of sp³-hybridized carbons (Fsp3) is 0.278. The lowest BCUT2D eigenvalue weighted by molar-refractivity contribution is -0.385. The summed E-state index contributed by atoms with van der Waals surface area (Å²) >= 11 is 0. The molecule has 1 N–H and O–H groups in total. The second-order valence-corrected chi connectivity index (χ2v) is 5.71. The standard InChI is InChI=1S/C18H20N2O3/c1-12-8-9-16(13(2)10-12)14(3)19-18(21)11-15-6-4-5-7-17(15)20(22)23/h4-10,14H,11H2,1-3H3,(H,19,21)/t14-/m1/s1. The van der Waals surface area contributed by atoms with Crippen LogP contribution in [0.25, 0.3) is 0 Å². The normalized spacial score (nSPS) is 11.8. The summed E-state index contributed by atoms with van der Waals surface area (Å²) in [6.45, 7) is 5.94. The van der Waals surface area contributed by atoms with Crippen LogP contribution in [0, 0.1) is 24.0 Å². The largest absolute Gasteiger partial charge is 0.349 e. The highest BCUT2D eigenvalue weighted by Crippen LogP contribution is 2.20. The molecule has 0 unspecified atom stereocenters. The van der Waals surface area contributed by atoms with Crippen LogP contribution < -0.4 is 5.32 Å². The number of aryl methyl sites for hydroxylation is 2. The number of hydrogen-bond acceptors (Lipinski definition) is 3. The van der Waals surface area contributed by atoms with Crippen LogP contribution in [0.5, 0.6) is 0 Å². The van der Waals surface area contributed by atoms with Crippen LogP contribution in [0.1, 0.15) is 35.2 Å². The molecule has 0 spiro atoms. The molecule has 23 heavy (non-hydrogen) atoms. The smallest absolute Gasteiger partial charge is 0.273 e. The van der Waals surface area contributed by atoms with Gasteiger partial charge in [-0.15, -0.1) is 0 Å². The average Bonchev–Trinajstić information content (AvgIpc) is 2.47. The van der Waals surface area contributed by atoms with E-state index in [0.717, 1.165) is 11.1 Å². The minimum absolute atomic E-state index is 0.00754. The molecule has 0 heterocycles. The molecule has 0 fully saturated rings. The summed E-state index contributed by atoms with van der Waals surface area (Å²) in [6, 6.07) is 12.2. The SMILES string of the molecule is Cc1ccc([C@@H](C)NC(=O)Cc2ccccc2[N+](=O)[O-])c(C)c1. The number of amides is 1. The van der Waals surface area contributed by atoms with Gasteiger partial charge in [0.1, 0.15) is 0 Å². The van der Waals surface area contributed by atoms with Crippen molar-refractivity contribution in [2.75, 3.05) is 0 Å². The highest BCUT2D eigenvalue weighted by Gasteiger charge is 2.17. The average molecular weight is 312 g/mol. The summed E-state index contributed by atoms with van der Waals surface area (Å²) in [5.41, 5.74) is 3.73. The monoisotopic (exact) mass is 312 g/mol. The second-order valence-electron chi connectivity index (χ2n) is 5.71. The van der Waals surface area contributed by atoms with E-state index in [1.165, 1.54) is 11.6 Å². The Kier molecular flexibility index (Phi) is 5.11. The van der Waals surface area contributed by atoms with Gasteiger partial charge in [-0.3, -0.25) is 14.9 Å². The number of para-hydroxylation sites is 1. The van der Waals surface area contributed by atoms with Crippen molar-refractivity contribution in [3.8, 4) is 0 Å². The van der Waals surface area contributed by atoms with Crippen molar-refractivity contribution in [1.29, 1.82) is 0 Å². The zero-order valence-corrected chi connectivity index (χ0v) is 13.5. The number of carbonyl (C=O) groups is 1. The van der Waals surface area contributed by atoms with Crippen molar-refractivity contribution >= 4 is 11.6 Å². The van der Waals surface area contributed by atoms with Crippen LogP contribution in [0.15, 0.2) is 42.5 Å². The minimum atomic E-state index is -0.462. The summed E-state index contributed by atoms with van der Waals surface area (Å²) in [4.78, 5) is 22.8. The predicted molar refractivity (Wildman–Crippen MR) is 89.3 cm³/mol. The first-order valence-electron chi connectivity index (χ1n) is 7.47. The summed E-state index contributed by atoms with van der Waals surface area (Å²) in [5, 5.41) is 13.9. The van der Waals surface area contributed by atoms with E-state index in [-0.39, 0.29) is 24.1 Å². The summed E-state index contributed by atoms with van der Waals surface area (Å²) in [6.07, 6.45) is -0.00754.